The number of hydrogen-bond donors (Lipinski definition) is 1. The average Bonchev–Trinajstić information content (AvgIpc) is 3.29. The van der Waals surface area contributed by atoms with Crippen LogP contribution in [0.3, 0.4) is 0 Å². The van der Waals surface area contributed by atoms with Crippen LogP contribution in [-0.2, 0) is 11.4 Å². The van der Waals surface area contributed by atoms with E-state index in [1.165, 1.54) is 24.3 Å². The van der Waals surface area contributed by atoms with Gasteiger partial charge in [-0.3, -0.25) is 14.5 Å². The van der Waals surface area contributed by atoms with Crippen molar-refractivity contribution in [2.45, 2.75) is 6.61 Å². The smallest absolute Gasteiger partial charge is 0.289 e. The maximum atomic E-state index is 13.0. The van der Waals surface area contributed by atoms with Crippen molar-refractivity contribution in [3.8, 4) is 5.75 Å². The van der Waals surface area contributed by atoms with Crippen LogP contribution in [0.1, 0.15) is 16.3 Å². The van der Waals surface area contributed by atoms with Crippen LogP contribution >= 0.6 is 0 Å². The Morgan fingerprint density at radius 2 is 1.66 bits per heavy atom. The average molecular weight is 437 g/mol. The standard InChI is InChI=1S/C24H24FN3O4/c25-18-6-8-19(9-7-18)26-23(29)16-27-12-14-28(15-13-27)24(30)22-11-10-21(32-22)17-31-20-4-2-1-3-5-20/h1-11H,12-17H2,(H,26,29). The summed E-state index contributed by atoms with van der Waals surface area (Å²) in [7, 11) is 0. The quantitative estimate of drug-likeness (QED) is 0.613. The van der Waals surface area contributed by atoms with Gasteiger partial charge in [0.2, 0.25) is 5.91 Å². The van der Waals surface area contributed by atoms with E-state index in [2.05, 4.69) is 5.32 Å². The van der Waals surface area contributed by atoms with E-state index in [-0.39, 0.29) is 36.5 Å². The van der Waals surface area contributed by atoms with Crippen molar-refractivity contribution in [1.82, 2.24) is 9.80 Å². The zero-order valence-electron chi connectivity index (χ0n) is 17.5. The summed E-state index contributed by atoms with van der Waals surface area (Å²) in [5.41, 5.74) is 0.551. The highest BCUT2D eigenvalue weighted by Gasteiger charge is 2.25. The number of anilines is 1. The van der Waals surface area contributed by atoms with Crippen LogP contribution in [0.2, 0.25) is 0 Å². The fourth-order valence-electron chi connectivity index (χ4n) is 3.44. The minimum atomic E-state index is -0.351. The Balaban J connectivity index is 1.22. The molecule has 3 aromatic rings. The van der Waals surface area contributed by atoms with E-state index >= 15 is 0 Å². The number of benzene rings is 2. The van der Waals surface area contributed by atoms with Crippen LogP contribution in [0.25, 0.3) is 0 Å². The first-order valence-electron chi connectivity index (χ1n) is 10.4. The van der Waals surface area contributed by atoms with Gasteiger partial charge in [0.25, 0.3) is 5.91 Å². The summed E-state index contributed by atoms with van der Waals surface area (Å²) >= 11 is 0. The fourth-order valence-corrected chi connectivity index (χ4v) is 3.44. The molecule has 0 atom stereocenters. The first-order chi connectivity index (χ1) is 15.6. The number of amides is 2. The van der Waals surface area contributed by atoms with Crippen LogP contribution in [0.4, 0.5) is 10.1 Å². The number of nitrogens with one attached hydrogen (secondary N) is 1. The van der Waals surface area contributed by atoms with E-state index in [0.717, 1.165) is 5.75 Å². The molecule has 2 heterocycles. The summed E-state index contributed by atoms with van der Waals surface area (Å²) < 4.78 is 24.3. The predicted molar refractivity (Wildman–Crippen MR) is 117 cm³/mol. The topological polar surface area (TPSA) is 75.0 Å². The molecular formula is C24H24FN3O4. The van der Waals surface area contributed by atoms with Gasteiger partial charge >= 0.3 is 0 Å². The summed E-state index contributed by atoms with van der Waals surface area (Å²) in [6.45, 7) is 2.61. The lowest BCUT2D eigenvalue weighted by molar-refractivity contribution is -0.117. The molecule has 2 amide bonds. The van der Waals surface area contributed by atoms with Gasteiger partial charge in [-0.25, -0.2) is 4.39 Å². The van der Waals surface area contributed by atoms with E-state index in [1.807, 2.05) is 35.2 Å². The predicted octanol–water partition coefficient (Wildman–Crippen LogP) is 3.39. The highest BCUT2D eigenvalue weighted by Crippen LogP contribution is 2.16. The van der Waals surface area contributed by atoms with Crippen molar-refractivity contribution < 1.29 is 23.1 Å². The number of nitrogens with zero attached hydrogens (tertiary/aromatic N) is 2. The molecule has 1 N–H and O–H groups in total. The summed E-state index contributed by atoms with van der Waals surface area (Å²) in [6, 6.07) is 18.4. The number of halogens is 1. The van der Waals surface area contributed by atoms with Gasteiger partial charge < -0.3 is 19.4 Å². The Labute approximate surface area is 185 Å². The zero-order chi connectivity index (χ0) is 22.3. The lowest BCUT2D eigenvalue weighted by atomic mass is 10.2. The number of rotatable bonds is 7. The monoisotopic (exact) mass is 437 g/mol. The molecule has 8 heteroatoms. The molecular weight excluding hydrogens is 413 g/mol. The van der Waals surface area contributed by atoms with Gasteiger partial charge in [-0.15, -0.1) is 0 Å². The van der Waals surface area contributed by atoms with Crippen molar-refractivity contribution in [3.63, 3.8) is 0 Å². The van der Waals surface area contributed by atoms with Gasteiger partial charge in [-0.1, -0.05) is 18.2 Å². The van der Waals surface area contributed by atoms with Crippen molar-refractivity contribution in [2.24, 2.45) is 0 Å². The van der Waals surface area contributed by atoms with Gasteiger partial charge in [-0.2, -0.15) is 0 Å². The third-order valence-electron chi connectivity index (χ3n) is 5.15. The molecule has 7 nitrogen and oxygen atoms in total. The molecule has 2 aromatic carbocycles. The Bertz CT molecular complexity index is 1040. The number of carbonyl (C=O) groups is 2. The summed E-state index contributed by atoms with van der Waals surface area (Å²) in [5.74, 6) is 0.886. The molecule has 1 aliphatic heterocycles. The summed E-state index contributed by atoms with van der Waals surface area (Å²) in [6.07, 6.45) is 0. The number of piperazine rings is 1. The Kier molecular flexibility index (Phi) is 6.81. The number of para-hydroxylation sites is 1. The van der Waals surface area contributed by atoms with E-state index < -0.39 is 0 Å². The normalized spacial score (nSPS) is 14.2. The first kappa shape index (κ1) is 21.6. The van der Waals surface area contributed by atoms with Gasteiger partial charge in [0, 0.05) is 31.9 Å². The third-order valence-corrected chi connectivity index (χ3v) is 5.15. The number of ether oxygens (including phenoxy) is 1. The lowest BCUT2D eigenvalue weighted by Gasteiger charge is -2.33. The maximum absolute atomic E-state index is 13.0. The molecule has 4 rings (SSSR count). The van der Waals surface area contributed by atoms with Gasteiger partial charge in [-0.05, 0) is 48.5 Å². The third kappa shape index (κ3) is 5.73. The molecule has 0 spiro atoms. The number of carbonyl (C=O) groups excluding carboxylic acids is 2. The van der Waals surface area contributed by atoms with E-state index in [4.69, 9.17) is 9.15 Å². The molecule has 0 aliphatic carbocycles. The van der Waals surface area contributed by atoms with Crippen LogP contribution in [-0.4, -0.2) is 54.3 Å². The lowest BCUT2D eigenvalue weighted by Crippen LogP contribution is -2.50. The molecule has 0 radical (unpaired) electrons. The van der Waals surface area contributed by atoms with Crippen molar-refractivity contribution >= 4 is 17.5 Å². The molecule has 1 saturated heterocycles. The zero-order valence-corrected chi connectivity index (χ0v) is 17.5. The van der Waals surface area contributed by atoms with E-state index in [1.54, 1.807) is 17.0 Å². The Morgan fingerprint density at radius 1 is 0.938 bits per heavy atom. The van der Waals surface area contributed by atoms with Gasteiger partial charge in [0.05, 0.1) is 6.54 Å². The SMILES string of the molecule is O=C(CN1CCN(C(=O)c2ccc(COc3ccccc3)o2)CC1)Nc1ccc(F)cc1. The molecule has 1 fully saturated rings. The van der Waals surface area contributed by atoms with Crippen LogP contribution in [0.15, 0.2) is 71.1 Å². The Hall–Kier alpha value is -3.65. The number of hydrogen-bond acceptors (Lipinski definition) is 5. The van der Waals surface area contributed by atoms with E-state index in [9.17, 15) is 14.0 Å². The van der Waals surface area contributed by atoms with Crippen LogP contribution < -0.4 is 10.1 Å². The highest BCUT2D eigenvalue weighted by molar-refractivity contribution is 5.92. The minimum absolute atomic E-state index is 0.175. The fraction of sp³-hybridized carbons (Fsp3) is 0.250. The number of furan rings is 1. The van der Waals surface area contributed by atoms with Crippen LogP contribution in [0, 0.1) is 5.82 Å². The first-order valence-corrected chi connectivity index (χ1v) is 10.4. The molecule has 0 saturated carbocycles. The second-order valence-corrected chi connectivity index (χ2v) is 7.49. The van der Waals surface area contributed by atoms with E-state index in [0.29, 0.717) is 37.6 Å². The Morgan fingerprint density at radius 3 is 2.38 bits per heavy atom. The van der Waals surface area contributed by atoms with Crippen molar-refractivity contribution in [1.29, 1.82) is 0 Å². The van der Waals surface area contributed by atoms with Crippen molar-refractivity contribution in [3.05, 3.63) is 84.1 Å². The second kappa shape index (κ2) is 10.1. The van der Waals surface area contributed by atoms with Gasteiger partial charge in [0.15, 0.2) is 5.76 Å². The largest absolute Gasteiger partial charge is 0.486 e. The highest BCUT2D eigenvalue weighted by atomic mass is 19.1. The molecule has 166 valence electrons. The second-order valence-electron chi connectivity index (χ2n) is 7.49. The maximum Gasteiger partial charge on any atom is 0.289 e. The molecule has 1 aromatic heterocycles. The molecule has 0 bridgehead atoms. The molecule has 0 unspecified atom stereocenters. The molecule has 1 aliphatic rings. The summed E-state index contributed by atoms with van der Waals surface area (Å²) in [4.78, 5) is 28.7. The minimum Gasteiger partial charge on any atom is -0.486 e. The van der Waals surface area contributed by atoms with Gasteiger partial charge in [0.1, 0.15) is 23.9 Å². The summed E-state index contributed by atoms with van der Waals surface area (Å²) in [5, 5.41) is 2.75. The van der Waals surface area contributed by atoms with Crippen molar-refractivity contribution in [2.75, 3.05) is 38.0 Å². The molecule has 32 heavy (non-hydrogen) atoms. The van der Waals surface area contributed by atoms with Crippen LogP contribution in [0.5, 0.6) is 5.75 Å².